The first-order valence-corrected chi connectivity index (χ1v) is 7.70. The van der Waals surface area contributed by atoms with Crippen molar-refractivity contribution in [2.75, 3.05) is 13.2 Å². The lowest BCUT2D eigenvalue weighted by Crippen LogP contribution is -2.45. The van der Waals surface area contributed by atoms with Crippen molar-refractivity contribution in [3.05, 3.63) is 64.9 Å². The van der Waals surface area contributed by atoms with E-state index in [1.54, 1.807) is 24.3 Å². The van der Waals surface area contributed by atoms with E-state index in [0.29, 0.717) is 10.8 Å². The molecule has 26 heavy (non-hydrogen) atoms. The molecule has 0 heterocycles. The van der Waals surface area contributed by atoms with E-state index in [4.69, 9.17) is 21.1 Å². The maximum atomic E-state index is 13.0. The zero-order valence-corrected chi connectivity index (χ0v) is 14.1. The average Bonchev–Trinajstić information content (AvgIpc) is 2.64. The van der Waals surface area contributed by atoms with Crippen LogP contribution in [0.1, 0.15) is 10.4 Å². The van der Waals surface area contributed by atoms with Crippen molar-refractivity contribution in [2.45, 2.75) is 0 Å². The molecule has 0 saturated carbocycles. The summed E-state index contributed by atoms with van der Waals surface area (Å²) in [6, 6.07) is 11.2. The summed E-state index contributed by atoms with van der Waals surface area (Å²) in [5, 5.41) is 0.529. The second-order valence-corrected chi connectivity index (χ2v) is 5.36. The molecule has 2 rings (SSSR count). The van der Waals surface area contributed by atoms with Gasteiger partial charge in [0.2, 0.25) is 0 Å². The largest absolute Gasteiger partial charge is 0.484 e. The highest BCUT2D eigenvalue weighted by atomic mass is 35.5. The second kappa shape index (κ2) is 9.38. The monoisotopic (exact) mass is 380 g/mol. The van der Waals surface area contributed by atoms with Crippen molar-refractivity contribution < 1.29 is 28.2 Å². The highest BCUT2D eigenvalue weighted by Crippen LogP contribution is 2.15. The first-order chi connectivity index (χ1) is 12.4. The minimum atomic E-state index is -0.864. The van der Waals surface area contributed by atoms with Gasteiger partial charge in [0, 0.05) is 5.02 Å². The molecule has 0 aliphatic rings. The number of halogens is 2. The predicted octanol–water partition coefficient (Wildman–Crippen LogP) is 1.86. The summed E-state index contributed by atoms with van der Waals surface area (Å²) in [5.74, 6) is -2.42. The van der Waals surface area contributed by atoms with Gasteiger partial charge in [0.15, 0.2) is 13.2 Å². The van der Waals surface area contributed by atoms with Crippen LogP contribution in [0, 0.1) is 5.82 Å². The summed E-state index contributed by atoms with van der Waals surface area (Å²) in [4.78, 5) is 34.7. The first-order valence-electron chi connectivity index (χ1n) is 7.33. The van der Waals surface area contributed by atoms with E-state index in [9.17, 15) is 18.8 Å². The van der Waals surface area contributed by atoms with Crippen LogP contribution in [-0.2, 0) is 14.3 Å². The Hall–Kier alpha value is -3.13. The zero-order chi connectivity index (χ0) is 18.9. The maximum Gasteiger partial charge on any atom is 0.338 e. The standard InChI is InChI=1S/C17H14ClFN2O5/c18-12-4-6-14(7-5-12)25-9-15(22)20-21-16(23)10-26-17(24)11-2-1-3-13(19)8-11/h1-8H,9-10H2,(H,20,22)(H,21,23). The summed E-state index contributed by atoms with van der Waals surface area (Å²) >= 11 is 5.72. The summed E-state index contributed by atoms with van der Waals surface area (Å²) in [6.45, 7) is -0.987. The molecule has 2 amide bonds. The topological polar surface area (TPSA) is 93.7 Å². The molecule has 2 aromatic rings. The van der Waals surface area contributed by atoms with Gasteiger partial charge in [-0.05, 0) is 42.5 Å². The zero-order valence-electron chi connectivity index (χ0n) is 13.3. The molecule has 0 atom stereocenters. The van der Waals surface area contributed by atoms with Crippen LogP contribution >= 0.6 is 11.6 Å². The molecular weight excluding hydrogens is 367 g/mol. The Morgan fingerprint density at radius 1 is 0.962 bits per heavy atom. The number of nitrogens with one attached hydrogen (secondary N) is 2. The molecule has 136 valence electrons. The maximum absolute atomic E-state index is 13.0. The number of ether oxygens (including phenoxy) is 2. The molecular formula is C17H14ClFN2O5. The molecule has 2 aromatic carbocycles. The van der Waals surface area contributed by atoms with E-state index in [1.165, 1.54) is 18.2 Å². The third-order valence-corrected chi connectivity index (χ3v) is 3.17. The lowest BCUT2D eigenvalue weighted by Gasteiger charge is -2.09. The van der Waals surface area contributed by atoms with Crippen LogP contribution in [0.15, 0.2) is 48.5 Å². The molecule has 0 aliphatic heterocycles. The van der Waals surface area contributed by atoms with Gasteiger partial charge in [0.1, 0.15) is 11.6 Å². The van der Waals surface area contributed by atoms with Crippen LogP contribution in [0.25, 0.3) is 0 Å². The number of benzene rings is 2. The van der Waals surface area contributed by atoms with Gasteiger partial charge in [-0.1, -0.05) is 17.7 Å². The van der Waals surface area contributed by atoms with Crippen LogP contribution in [0.2, 0.25) is 5.02 Å². The van der Waals surface area contributed by atoms with Crippen LogP contribution in [0.3, 0.4) is 0 Å². The second-order valence-electron chi connectivity index (χ2n) is 4.93. The number of carbonyl (C=O) groups is 3. The quantitative estimate of drug-likeness (QED) is 0.589. The molecule has 0 radical (unpaired) electrons. The number of esters is 1. The third-order valence-electron chi connectivity index (χ3n) is 2.92. The Morgan fingerprint density at radius 3 is 2.27 bits per heavy atom. The molecule has 2 N–H and O–H groups in total. The smallest absolute Gasteiger partial charge is 0.338 e. The summed E-state index contributed by atoms with van der Waals surface area (Å²) in [6.07, 6.45) is 0. The minimum Gasteiger partial charge on any atom is -0.484 e. The molecule has 0 aliphatic carbocycles. The number of amides is 2. The van der Waals surface area contributed by atoms with Crippen molar-refractivity contribution in [3.63, 3.8) is 0 Å². The fraction of sp³-hybridized carbons (Fsp3) is 0.118. The minimum absolute atomic E-state index is 0.0294. The Kier molecular flexibility index (Phi) is 6.92. The van der Waals surface area contributed by atoms with Gasteiger partial charge in [0.05, 0.1) is 5.56 Å². The molecule has 0 unspecified atom stereocenters. The first kappa shape index (κ1) is 19.2. The molecule has 9 heteroatoms. The SMILES string of the molecule is O=C(COC(=O)c1cccc(F)c1)NNC(=O)COc1ccc(Cl)cc1. The van der Waals surface area contributed by atoms with E-state index in [1.807, 2.05) is 0 Å². The van der Waals surface area contributed by atoms with E-state index in [2.05, 4.69) is 10.9 Å². The number of hydrogen-bond donors (Lipinski definition) is 2. The van der Waals surface area contributed by atoms with Crippen LogP contribution in [0.5, 0.6) is 5.75 Å². The van der Waals surface area contributed by atoms with Gasteiger partial charge in [0.25, 0.3) is 11.8 Å². The lowest BCUT2D eigenvalue weighted by molar-refractivity contribution is -0.131. The highest BCUT2D eigenvalue weighted by Gasteiger charge is 2.11. The summed E-state index contributed by atoms with van der Waals surface area (Å²) in [7, 11) is 0. The molecule has 7 nitrogen and oxygen atoms in total. The van der Waals surface area contributed by atoms with Gasteiger partial charge in [-0.25, -0.2) is 9.18 Å². The van der Waals surface area contributed by atoms with E-state index in [0.717, 1.165) is 6.07 Å². The molecule has 0 fully saturated rings. The number of rotatable bonds is 6. The summed E-state index contributed by atoms with van der Waals surface area (Å²) in [5.41, 5.74) is 4.12. The van der Waals surface area contributed by atoms with Gasteiger partial charge in [-0.3, -0.25) is 20.4 Å². The van der Waals surface area contributed by atoms with Gasteiger partial charge < -0.3 is 9.47 Å². The van der Waals surface area contributed by atoms with E-state index >= 15 is 0 Å². The third kappa shape index (κ3) is 6.40. The van der Waals surface area contributed by atoms with E-state index in [-0.39, 0.29) is 12.2 Å². The molecule has 0 bridgehead atoms. The van der Waals surface area contributed by atoms with E-state index < -0.39 is 30.2 Å². The predicted molar refractivity (Wildman–Crippen MR) is 89.9 cm³/mol. The average molecular weight is 381 g/mol. The normalized spacial score (nSPS) is 9.92. The van der Waals surface area contributed by atoms with Crippen LogP contribution < -0.4 is 15.6 Å². The van der Waals surface area contributed by atoms with Crippen molar-refractivity contribution in [3.8, 4) is 5.75 Å². The van der Waals surface area contributed by atoms with Crippen molar-refractivity contribution in [2.24, 2.45) is 0 Å². The molecule has 0 aromatic heterocycles. The van der Waals surface area contributed by atoms with Gasteiger partial charge in [-0.2, -0.15) is 0 Å². The number of carbonyl (C=O) groups excluding carboxylic acids is 3. The van der Waals surface area contributed by atoms with Crippen molar-refractivity contribution >= 4 is 29.4 Å². The molecule has 0 saturated heterocycles. The van der Waals surface area contributed by atoms with Gasteiger partial charge >= 0.3 is 5.97 Å². The van der Waals surface area contributed by atoms with Gasteiger partial charge in [-0.15, -0.1) is 0 Å². The van der Waals surface area contributed by atoms with Crippen LogP contribution in [0.4, 0.5) is 4.39 Å². The Bertz CT molecular complexity index is 798. The van der Waals surface area contributed by atoms with Crippen LogP contribution in [-0.4, -0.2) is 31.0 Å². The Morgan fingerprint density at radius 2 is 1.62 bits per heavy atom. The molecule has 0 spiro atoms. The Balaban J connectivity index is 1.67. The fourth-order valence-electron chi connectivity index (χ4n) is 1.72. The fourth-order valence-corrected chi connectivity index (χ4v) is 1.85. The lowest BCUT2D eigenvalue weighted by atomic mass is 10.2. The number of hydrogen-bond acceptors (Lipinski definition) is 5. The number of hydrazine groups is 1. The highest BCUT2D eigenvalue weighted by molar-refractivity contribution is 6.30. The summed E-state index contributed by atoms with van der Waals surface area (Å²) < 4.78 is 22.9. The Labute approximate surface area is 153 Å². The van der Waals surface area contributed by atoms with Crippen molar-refractivity contribution in [1.82, 2.24) is 10.9 Å². The van der Waals surface area contributed by atoms with Crippen molar-refractivity contribution in [1.29, 1.82) is 0 Å².